The summed E-state index contributed by atoms with van der Waals surface area (Å²) in [7, 11) is 0. The number of nitrogens with one attached hydrogen (secondary N) is 1. The first kappa shape index (κ1) is 18.3. The zero-order chi connectivity index (χ0) is 19.7. The average Bonchev–Trinajstić information content (AvgIpc) is 3.28. The molecule has 1 aliphatic carbocycles. The molecule has 0 fully saturated rings. The maximum absolute atomic E-state index is 12.2. The summed E-state index contributed by atoms with van der Waals surface area (Å²) in [5, 5.41) is 12.7. The number of benzene rings is 1. The molecule has 1 aromatic carbocycles. The fourth-order valence-electron chi connectivity index (χ4n) is 3.36. The molecule has 2 heterocycles. The highest BCUT2D eigenvalue weighted by Gasteiger charge is 2.25. The first-order chi connectivity index (χ1) is 13.5. The number of esters is 1. The highest BCUT2D eigenvalue weighted by atomic mass is 32.1. The van der Waals surface area contributed by atoms with Crippen molar-refractivity contribution >= 4 is 28.2 Å². The molecule has 8 heteroatoms. The van der Waals surface area contributed by atoms with Crippen LogP contribution in [0.15, 0.2) is 18.2 Å². The third-order valence-corrected chi connectivity index (χ3v) is 5.99. The summed E-state index contributed by atoms with van der Waals surface area (Å²) in [6.45, 7) is 1.86. The van der Waals surface area contributed by atoms with Crippen molar-refractivity contribution in [3.8, 4) is 17.6 Å². The fourth-order valence-corrected chi connectivity index (χ4v) is 4.74. The van der Waals surface area contributed by atoms with Crippen LogP contribution in [0.1, 0.15) is 39.7 Å². The molecule has 0 saturated heterocycles. The number of carbonyl (C=O) groups is 2. The number of nitrogens with zero attached hydrogens (tertiary/aromatic N) is 1. The van der Waals surface area contributed by atoms with Crippen molar-refractivity contribution in [2.45, 2.75) is 26.2 Å². The van der Waals surface area contributed by atoms with E-state index >= 15 is 0 Å². The number of hydrogen-bond acceptors (Lipinski definition) is 7. The maximum Gasteiger partial charge on any atom is 0.338 e. The lowest BCUT2D eigenvalue weighted by Crippen LogP contribution is -2.20. The van der Waals surface area contributed by atoms with Gasteiger partial charge in [-0.1, -0.05) is 6.92 Å². The molecule has 2 aliphatic rings. The Kier molecular flexibility index (Phi) is 4.92. The van der Waals surface area contributed by atoms with Crippen LogP contribution in [0, 0.1) is 17.2 Å². The van der Waals surface area contributed by atoms with Gasteiger partial charge in [-0.25, -0.2) is 4.79 Å². The number of amides is 1. The predicted molar refractivity (Wildman–Crippen MR) is 102 cm³/mol. The van der Waals surface area contributed by atoms with Crippen LogP contribution < -0.4 is 14.8 Å². The Morgan fingerprint density at radius 2 is 2.18 bits per heavy atom. The van der Waals surface area contributed by atoms with Gasteiger partial charge in [0, 0.05) is 4.88 Å². The summed E-state index contributed by atoms with van der Waals surface area (Å²) in [5.74, 6) is 0.500. The Bertz CT molecular complexity index is 991. The van der Waals surface area contributed by atoms with Crippen molar-refractivity contribution in [1.82, 2.24) is 0 Å². The summed E-state index contributed by atoms with van der Waals surface area (Å²) in [4.78, 5) is 25.6. The quantitative estimate of drug-likeness (QED) is 0.794. The van der Waals surface area contributed by atoms with E-state index in [9.17, 15) is 14.9 Å². The third kappa shape index (κ3) is 3.53. The average molecular weight is 398 g/mol. The topological polar surface area (TPSA) is 97.7 Å². The van der Waals surface area contributed by atoms with E-state index in [1.807, 2.05) is 0 Å². The second kappa shape index (κ2) is 7.52. The standard InChI is InChI=1S/C20H18N2O5S/c1-11-2-4-13-14(8-21)19(28-17(13)6-11)22-18(23)9-25-20(24)12-3-5-15-16(7-12)27-10-26-15/h3,5,7,11H,2,4,6,9-10H2,1H3,(H,22,23)/t11-/m0/s1. The number of thiophene rings is 1. The third-order valence-electron chi connectivity index (χ3n) is 4.82. The molecule has 1 atom stereocenters. The molecule has 0 saturated carbocycles. The van der Waals surface area contributed by atoms with Gasteiger partial charge in [-0.15, -0.1) is 11.3 Å². The van der Waals surface area contributed by atoms with Gasteiger partial charge in [-0.05, 0) is 48.9 Å². The Balaban J connectivity index is 1.39. The smallest absolute Gasteiger partial charge is 0.338 e. The molecular weight excluding hydrogens is 380 g/mol. The molecule has 1 amide bonds. The van der Waals surface area contributed by atoms with E-state index in [1.54, 1.807) is 12.1 Å². The van der Waals surface area contributed by atoms with Gasteiger partial charge in [0.2, 0.25) is 6.79 Å². The lowest BCUT2D eigenvalue weighted by atomic mass is 9.89. The van der Waals surface area contributed by atoms with Crippen LogP contribution in [-0.2, 0) is 22.4 Å². The van der Waals surface area contributed by atoms with Gasteiger partial charge in [0.15, 0.2) is 18.1 Å². The molecular formula is C20H18N2O5S. The van der Waals surface area contributed by atoms with E-state index in [4.69, 9.17) is 14.2 Å². The highest BCUT2D eigenvalue weighted by molar-refractivity contribution is 7.16. The van der Waals surface area contributed by atoms with E-state index in [0.717, 1.165) is 29.7 Å². The summed E-state index contributed by atoms with van der Waals surface area (Å²) in [5.41, 5.74) is 1.84. The Labute approximate surface area is 165 Å². The maximum atomic E-state index is 12.2. The number of fused-ring (bicyclic) bond motifs is 2. The summed E-state index contributed by atoms with van der Waals surface area (Å²) < 4.78 is 15.5. The largest absolute Gasteiger partial charge is 0.454 e. The molecule has 0 spiro atoms. The number of hydrogen-bond donors (Lipinski definition) is 1. The summed E-state index contributed by atoms with van der Waals surface area (Å²) in [6.07, 6.45) is 2.81. The molecule has 1 N–H and O–H groups in total. The van der Waals surface area contributed by atoms with Crippen LogP contribution in [0.2, 0.25) is 0 Å². The number of nitriles is 1. The highest BCUT2D eigenvalue weighted by Crippen LogP contribution is 2.39. The fraction of sp³-hybridized carbons (Fsp3) is 0.350. The number of anilines is 1. The van der Waals surface area contributed by atoms with E-state index in [0.29, 0.717) is 28.0 Å². The molecule has 1 aromatic heterocycles. The minimum Gasteiger partial charge on any atom is -0.454 e. The van der Waals surface area contributed by atoms with Crippen LogP contribution in [0.25, 0.3) is 0 Å². The van der Waals surface area contributed by atoms with Crippen molar-refractivity contribution in [3.63, 3.8) is 0 Å². The zero-order valence-corrected chi connectivity index (χ0v) is 16.1. The normalized spacial score (nSPS) is 16.8. The van der Waals surface area contributed by atoms with Crippen molar-refractivity contribution in [3.05, 3.63) is 39.8 Å². The number of carbonyl (C=O) groups excluding carboxylic acids is 2. The molecule has 0 unspecified atom stereocenters. The van der Waals surface area contributed by atoms with Gasteiger partial charge in [-0.3, -0.25) is 4.79 Å². The lowest BCUT2D eigenvalue weighted by molar-refractivity contribution is -0.119. The molecule has 0 bridgehead atoms. The Morgan fingerprint density at radius 3 is 3.00 bits per heavy atom. The SMILES string of the molecule is C[C@H]1CCc2c(sc(NC(=O)COC(=O)c3ccc4c(c3)OCO4)c2C#N)C1. The van der Waals surface area contributed by atoms with Crippen LogP contribution in [-0.4, -0.2) is 25.3 Å². The van der Waals surface area contributed by atoms with Crippen LogP contribution in [0.5, 0.6) is 11.5 Å². The van der Waals surface area contributed by atoms with Gasteiger partial charge in [0.1, 0.15) is 11.1 Å². The zero-order valence-electron chi connectivity index (χ0n) is 15.2. The summed E-state index contributed by atoms with van der Waals surface area (Å²) >= 11 is 1.44. The van der Waals surface area contributed by atoms with E-state index < -0.39 is 18.5 Å². The van der Waals surface area contributed by atoms with Crippen molar-refractivity contribution < 1.29 is 23.8 Å². The minimum absolute atomic E-state index is 0.112. The second-order valence-corrected chi connectivity index (χ2v) is 7.97. The van der Waals surface area contributed by atoms with Crippen molar-refractivity contribution in [2.24, 2.45) is 5.92 Å². The van der Waals surface area contributed by atoms with Crippen LogP contribution in [0.4, 0.5) is 5.00 Å². The predicted octanol–water partition coefficient (Wildman–Crippen LogP) is 3.27. The molecule has 144 valence electrons. The molecule has 2 aromatic rings. The van der Waals surface area contributed by atoms with Gasteiger partial charge in [0.05, 0.1) is 11.1 Å². The van der Waals surface area contributed by atoms with Gasteiger partial charge in [0.25, 0.3) is 5.91 Å². The van der Waals surface area contributed by atoms with Gasteiger partial charge < -0.3 is 19.5 Å². The second-order valence-electron chi connectivity index (χ2n) is 6.86. The van der Waals surface area contributed by atoms with Crippen molar-refractivity contribution in [1.29, 1.82) is 5.26 Å². The molecule has 0 radical (unpaired) electrons. The number of rotatable bonds is 4. The van der Waals surface area contributed by atoms with E-state index in [-0.39, 0.29) is 12.4 Å². The monoisotopic (exact) mass is 398 g/mol. The molecule has 1 aliphatic heterocycles. The first-order valence-electron chi connectivity index (χ1n) is 8.96. The van der Waals surface area contributed by atoms with Crippen molar-refractivity contribution in [2.75, 3.05) is 18.7 Å². The van der Waals surface area contributed by atoms with E-state index in [1.165, 1.54) is 17.4 Å². The molecule has 28 heavy (non-hydrogen) atoms. The lowest BCUT2D eigenvalue weighted by Gasteiger charge is -2.17. The van der Waals surface area contributed by atoms with Crippen LogP contribution >= 0.6 is 11.3 Å². The minimum atomic E-state index is -0.631. The molecule has 4 rings (SSSR count). The van der Waals surface area contributed by atoms with E-state index in [2.05, 4.69) is 18.3 Å². The van der Waals surface area contributed by atoms with Crippen LogP contribution in [0.3, 0.4) is 0 Å². The Hall–Kier alpha value is -3.05. The first-order valence-corrected chi connectivity index (χ1v) is 9.78. The Morgan fingerprint density at radius 1 is 1.36 bits per heavy atom. The molecule has 7 nitrogen and oxygen atoms in total. The summed E-state index contributed by atoms with van der Waals surface area (Å²) in [6, 6.07) is 6.89. The van der Waals surface area contributed by atoms with Gasteiger partial charge >= 0.3 is 5.97 Å². The number of ether oxygens (including phenoxy) is 3. The van der Waals surface area contributed by atoms with Gasteiger partial charge in [-0.2, -0.15) is 5.26 Å².